The summed E-state index contributed by atoms with van der Waals surface area (Å²) in [5.74, 6) is -0.503. The van der Waals surface area contributed by atoms with E-state index in [0.717, 1.165) is 12.8 Å². The van der Waals surface area contributed by atoms with Gasteiger partial charge in [0.15, 0.2) is 5.69 Å². The number of carboxylic acids is 1. The van der Waals surface area contributed by atoms with E-state index in [4.69, 9.17) is 5.11 Å². The van der Waals surface area contributed by atoms with Crippen molar-refractivity contribution < 1.29 is 9.90 Å². The maximum absolute atomic E-state index is 10.7. The van der Waals surface area contributed by atoms with Crippen LogP contribution < -0.4 is 5.32 Å². The second-order valence-corrected chi connectivity index (χ2v) is 4.49. The van der Waals surface area contributed by atoms with Gasteiger partial charge in [-0.25, -0.2) is 9.78 Å². The van der Waals surface area contributed by atoms with E-state index < -0.39 is 5.97 Å². The molecule has 1 saturated carbocycles. The zero-order chi connectivity index (χ0) is 11.6. The normalized spacial score (nSPS) is 18.3. The predicted molar refractivity (Wildman–Crippen MR) is 59.5 cm³/mol. The van der Waals surface area contributed by atoms with Crippen molar-refractivity contribution in [3.8, 4) is 0 Å². The molecule has 0 radical (unpaired) electrons. The minimum atomic E-state index is -1.05. The summed E-state index contributed by atoms with van der Waals surface area (Å²) in [4.78, 5) is 18.6. The molecule has 0 atom stereocenters. The van der Waals surface area contributed by atoms with Gasteiger partial charge in [-0.2, -0.15) is 0 Å². The first-order chi connectivity index (χ1) is 7.59. The Morgan fingerprint density at radius 3 is 2.75 bits per heavy atom. The molecule has 0 aliphatic heterocycles. The summed E-state index contributed by atoms with van der Waals surface area (Å²) >= 11 is 0. The van der Waals surface area contributed by atoms with Crippen LogP contribution in [-0.4, -0.2) is 26.6 Å². The Bertz CT molecular complexity index is 400. The first-order valence-electron chi connectivity index (χ1n) is 5.43. The van der Waals surface area contributed by atoms with Crippen molar-refractivity contribution in [3.05, 3.63) is 18.1 Å². The average Bonchev–Trinajstić information content (AvgIpc) is 2.65. The van der Waals surface area contributed by atoms with Crippen molar-refractivity contribution in [3.63, 3.8) is 0 Å². The molecule has 0 amide bonds. The van der Waals surface area contributed by atoms with Crippen molar-refractivity contribution >= 4 is 11.8 Å². The Kier molecular flexibility index (Phi) is 2.77. The van der Waals surface area contributed by atoms with Crippen LogP contribution >= 0.6 is 0 Å². The van der Waals surface area contributed by atoms with Crippen molar-refractivity contribution in [2.45, 2.75) is 38.1 Å². The highest BCUT2D eigenvalue weighted by Crippen LogP contribution is 2.31. The van der Waals surface area contributed by atoms with Crippen molar-refractivity contribution in [2.75, 3.05) is 5.32 Å². The fourth-order valence-electron chi connectivity index (χ4n) is 2.12. The van der Waals surface area contributed by atoms with Crippen LogP contribution in [-0.2, 0) is 0 Å². The number of rotatable bonds is 3. The average molecular weight is 221 g/mol. The first-order valence-corrected chi connectivity index (χ1v) is 5.43. The summed E-state index contributed by atoms with van der Waals surface area (Å²) in [7, 11) is 0. The van der Waals surface area contributed by atoms with Crippen molar-refractivity contribution in [1.82, 2.24) is 9.97 Å². The molecule has 1 aromatic heterocycles. The summed E-state index contributed by atoms with van der Waals surface area (Å²) in [6.07, 6.45) is 7.41. The summed E-state index contributed by atoms with van der Waals surface area (Å²) in [5.41, 5.74) is 0.0119. The fourth-order valence-corrected chi connectivity index (χ4v) is 2.12. The Labute approximate surface area is 93.9 Å². The van der Waals surface area contributed by atoms with Gasteiger partial charge in [0, 0.05) is 5.54 Å². The maximum Gasteiger partial charge on any atom is 0.356 e. The molecule has 0 unspecified atom stereocenters. The van der Waals surface area contributed by atoms with Crippen LogP contribution in [0.4, 0.5) is 5.82 Å². The molecule has 0 bridgehead atoms. The molecule has 0 aromatic carbocycles. The van der Waals surface area contributed by atoms with Crippen molar-refractivity contribution in [1.29, 1.82) is 0 Å². The SMILES string of the molecule is CC1(Nc2cncc(C(=O)O)n2)CCCC1. The lowest BCUT2D eigenvalue weighted by atomic mass is 10.0. The summed E-state index contributed by atoms with van der Waals surface area (Å²) < 4.78 is 0. The third-order valence-electron chi connectivity index (χ3n) is 2.99. The Balaban J connectivity index is 2.15. The minimum absolute atomic E-state index is 0.0217. The molecule has 86 valence electrons. The minimum Gasteiger partial charge on any atom is -0.476 e. The molecular weight excluding hydrogens is 206 g/mol. The lowest BCUT2D eigenvalue weighted by Crippen LogP contribution is -2.31. The topological polar surface area (TPSA) is 75.1 Å². The van der Waals surface area contributed by atoms with Gasteiger partial charge in [-0.15, -0.1) is 0 Å². The quantitative estimate of drug-likeness (QED) is 0.815. The van der Waals surface area contributed by atoms with Gasteiger partial charge in [0.05, 0.1) is 12.4 Å². The Hall–Kier alpha value is -1.65. The lowest BCUT2D eigenvalue weighted by Gasteiger charge is -2.25. The zero-order valence-corrected chi connectivity index (χ0v) is 9.23. The van der Waals surface area contributed by atoms with Gasteiger partial charge < -0.3 is 10.4 Å². The molecule has 1 fully saturated rings. The van der Waals surface area contributed by atoms with E-state index in [1.165, 1.54) is 19.0 Å². The van der Waals surface area contributed by atoms with Gasteiger partial charge in [-0.1, -0.05) is 12.8 Å². The van der Waals surface area contributed by atoms with Crippen LogP contribution in [0.25, 0.3) is 0 Å². The van der Waals surface area contributed by atoms with Gasteiger partial charge in [0.1, 0.15) is 5.82 Å². The van der Waals surface area contributed by atoms with Crippen LogP contribution in [0.2, 0.25) is 0 Å². The van der Waals surface area contributed by atoms with Crippen LogP contribution in [0.1, 0.15) is 43.1 Å². The van der Waals surface area contributed by atoms with E-state index in [-0.39, 0.29) is 11.2 Å². The molecule has 0 saturated heterocycles. The molecule has 5 nitrogen and oxygen atoms in total. The zero-order valence-electron chi connectivity index (χ0n) is 9.23. The number of aromatic nitrogens is 2. The van der Waals surface area contributed by atoms with E-state index in [2.05, 4.69) is 22.2 Å². The number of carboxylic acid groups (broad SMARTS) is 1. The standard InChI is InChI=1S/C11H15N3O2/c1-11(4-2-3-5-11)14-9-7-12-6-8(13-9)10(15)16/h6-7H,2-5H2,1H3,(H,13,14)(H,15,16). The summed E-state index contributed by atoms with van der Waals surface area (Å²) in [6, 6.07) is 0. The molecule has 1 aliphatic rings. The Morgan fingerprint density at radius 2 is 2.12 bits per heavy atom. The van der Waals surface area contributed by atoms with E-state index >= 15 is 0 Å². The molecule has 16 heavy (non-hydrogen) atoms. The van der Waals surface area contributed by atoms with E-state index in [1.54, 1.807) is 6.20 Å². The van der Waals surface area contributed by atoms with Gasteiger partial charge in [0.25, 0.3) is 0 Å². The van der Waals surface area contributed by atoms with Crippen molar-refractivity contribution in [2.24, 2.45) is 0 Å². The molecule has 1 aromatic rings. The Morgan fingerprint density at radius 1 is 1.44 bits per heavy atom. The second kappa shape index (κ2) is 4.08. The van der Waals surface area contributed by atoms with Crippen LogP contribution in [0.5, 0.6) is 0 Å². The number of hydrogen-bond donors (Lipinski definition) is 2. The monoisotopic (exact) mass is 221 g/mol. The van der Waals surface area contributed by atoms with Crippen LogP contribution in [0.15, 0.2) is 12.4 Å². The van der Waals surface area contributed by atoms with Gasteiger partial charge in [0.2, 0.25) is 0 Å². The largest absolute Gasteiger partial charge is 0.476 e. The third kappa shape index (κ3) is 2.29. The second-order valence-electron chi connectivity index (χ2n) is 4.49. The van der Waals surface area contributed by atoms with Crippen LogP contribution in [0, 0.1) is 0 Å². The van der Waals surface area contributed by atoms with E-state index in [1.807, 2.05) is 0 Å². The highest BCUT2D eigenvalue weighted by atomic mass is 16.4. The number of hydrogen-bond acceptors (Lipinski definition) is 4. The lowest BCUT2D eigenvalue weighted by molar-refractivity contribution is 0.0690. The summed E-state index contributed by atoms with van der Waals surface area (Å²) in [5, 5.41) is 12.1. The molecular formula is C11H15N3O2. The summed E-state index contributed by atoms with van der Waals surface area (Å²) in [6.45, 7) is 2.13. The maximum atomic E-state index is 10.7. The number of nitrogens with zero attached hydrogens (tertiary/aromatic N) is 2. The molecule has 1 heterocycles. The number of nitrogens with one attached hydrogen (secondary N) is 1. The fraction of sp³-hybridized carbons (Fsp3) is 0.545. The number of carbonyl (C=O) groups is 1. The van der Waals surface area contributed by atoms with Gasteiger partial charge in [-0.3, -0.25) is 4.98 Å². The molecule has 0 spiro atoms. The molecule has 1 aliphatic carbocycles. The van der Waals surface area contributed by atoms with E-state index in [0.29, 0.717) is 5.82 Å². The van der Waals surface area contributed by atoms with Gasteiger partial charge >= 0.3 is 5.97 Å². The number of anilines is 1. The van der Waals surface area contributed by atoms with Gasteiger partial charge in [-0.05, 0) is 19.8 Å². The third-order valence-corrected chi connectivity index (χ3v) is 2.99. The molecule has 5 heteroatoms. The first kappa shape index (κ1) is 10.9. The molecule has 2 rings (SSSR count). The van der Waals surface area contributed by atoms with Crippen LogP contribution in [0.3, 0.4) is 0 Å². The predicted octanol–water partition coefficient (Wildman–Crippen LogP) is 1.92. The number of aromatic carboxylic acids is 1. The van der Waals surface area contributed by atoms with E-state index in [9.17, 15) is 4.79 Å². The molecule has 2 N–H and O–H groups in total. The smallest absolute Gasteiger partial charge is 0.356 e. The highest BCUT2D eigenvalue weighted by molar-refractivity contribution is 5.85. The highest BCUT2D eigenvalue weighted by Gasteiger charge is 2.28.